The van der Waals surface area contributed by atoms with E-state index < -0.39 is 0 Å². The Morgan fingerprint density at radius 1 is 1.05 bits per heavy atom. The summed E-state index contributed by atoms with van der Waals surface area (Å²) in [6.07, 6.45) is 2.89. The molecule has 3 heterocycles. The van der Waals surface area contributed by atoms with Crippen molar-refractivity contribution in [3.63, 3.8) is 0 Å². The average molecular weight is 534 g/mol. The molecule has 1 amide bonds. The Morgan fingerprint density at radius 3 is 2.50 bits per heavy atom. The van der Waals surface area contributed by atoms with Crippen LogP contribution in [0.15, 0.2) is 48.7 Å². The third kappa shape index (κ3) is 5.57. The number of hydrogen-bond acceptors (Lipinski definition) is 9. The number of benzene rings is 2. The Hall–Kier alpha value is -3.73. The normalized spacial score (nSPS) is 13.9. The van der Waals surface area contributed by atoms with E-state index in [1.807, 2.05) is 30.5 Å². The van der Waals surface area contributed by atoms with Gasteiger partial charge in [0.2, 0.25) is 5.75 Å². The molecule has 1 aliphatic rings. The summed E-state index contributed by atoms with van der Waals surface area (Å²) in [5.41, 5.74) is 3.92. The molecule has 1 saturated heterocycles. The van der Waals surface area contributed by atoms with E-state index in [1.165, 1.54) is 38.2 Å². The number of amides is 1. The summed E-state index contributed by atoms with van der Waals surface area (Å²) in [5, 5.41) is 7.21. The second-order valence-electron chi connectivity index (χ2n) is 8.94. The number of rotatable bonds is 9. The van der Waals surface area contributed by atoms with Gasteiger partial charge in [-0.05, 0) is 42.3 Å². The lowest BCUT2D eigenvalue weighted by atomic mass is 10.1. The Bertz CT molecular complexity index is 1410. The zero-order valence-corrected chi connectivity index (χ0v) is 22.6. The van der Waals surface area contributed by atoms with Crippen LogP contribution in [0.1, 0.15) is 15.9 Å². The number of aromatic nitrogens is 2. The van der Waals surface area contributed by atoms with Crippen LogP contribution >= 0.6 is 11.3 Å². The van der Waals surface area contributed by atoms with Crippen molar-refractivity contribution in [1.29, 1.82) is 0 Å². The Balaban J connectivity index is 1.37. The fraction of sp³-hybridized carbons (Fsp3) is 0.321. The van der Waals surface area contributed by atoms with Crippen LogP contribution < -0.4 is 24.8 Å². The van der Waals surface area contributed by atoms with Crippen molar-refractivity contribution in [2.75, 3.05) is 59.4 Å². The van der Waals surface area contributed by atoms with Crippen molar-refractivity contribution in [3.8, 4) is 27.8 Å². The number of anilines is 1. The van der Waals surface area contributed by atoms with E-state index in [0.717, 1.165) is 60.1 Å². The summed E-state index contributed by atoms with van der Waals surface area (Å²) >= 11 is 1.51. The Labute approximate surface area is 225 Å². The lowest BCUT2D eigenvalue weighted by Gasteiger charge is -2.26. The number of para-hydroxylation sites is 1. The summed E-state index contributed by atoms with van der Waals surface area (Å²) in [5.74, 6) is 0.956. The van der Waals surface area contributed by atoms with E-state index in [2.05, 4.69) is 26.6 Å². The molecule has 1 aliphatic heterocycles. The van der Waals surface area contributed by atoms with Gasteiger partial charge >= 0.3 is 0 Å². The standard InChI is InChI=1S/C28H31N5O4S/c1-35-23-15-19(16-24(36-2)25(23)37-3)26(34)31-21-7-5-4-6-20(21)27-32-22-14-18(17-30-28(22)38-27)8-11-33-12-9-29-10-13-33/h4-7,14-17,29H,8-13H2,1-3H3,(H,31,34). The first kappa shape index (κ1) is 25.9. The molecule has 0 spiro atoms. The molecule has 0 bridgehead atoms. The van der Waals surface area contributed by atoms with Crippen molar-refractivity contribution in [1.82, 2.24) is 20.2 Å². The highest BCUT2D eigenvalue weighted by atomic mass is 32.1. The third-order valence-corrected chi connectivity index (χ3v) is 7.58. The van der Waals surface area contributed by atoms with Crippen molar-refractivity contribution >= 4 is 33.3 Å². The summed E-state index contributed by atoms with van der Waals surface area (Å²) in [6.45, 7) is 5.26. The summed E-state index contributed by atoms with van der Waals surface area (Å²) in [6, 6.07) is 13.0. The highest BCUT2D eigenvalue weighted by Crippen LogP contribution is 2.39. The van der Waals surface area contributed by atoms with Gasteiger partial charge in [0.25, 0.3) is 5.91 Å². The highest BCUT2D eigenvalue weighted by molar-refractivity contribution is 7.21. The van der Waals surface area contributed by atoms with Crippen LogP contribution in [-0.4, -0.2) is 74.8 Å². The lowest BCUT2D eigenvalue weighted by Crippen LogP contribution is -2.44. The molecule has 2 aromatic carbocycles. The van der Waals surface area contributed by atoms with Crippen LogP contribution in [0.5, 0.6) is 17.2 Å². The largest absolute Gasteiger partial charge is 0.493 e. The average Bonchev–Trinajstić information content (AvgIpc) is 3.39. The Kier molecular flexibility index (Phi) is 8.02. The number of piperazine rings is 1. The second-order valence-corrected chi connectivity index (χ2v) is 9.92. The maximum absolute atomic E-state index is 13.3. The molecular formula is C28H31N5O4S. The van der Waals surface area contributed by atoms with Crippen LogP contribution in [-0.2, 0) is 6.42 Å². The Morgan fingerprint density at radius 2 is 1.79 bits per heavy atom. The van der Waals surface area contributed by atoms with Gasteiger partial charge < -0.3 is 29.7 Å². The van der Waals surface area contributed by atoms with Gasteiger partial charge in [0.05, 0.1) is 27.0 Å². The van der Waals surface area contributed by atoms with Crippen molar-refractivity contribution < 1.29 is 19.0 Å². The summed E-state index contributed by atoms with van der Waals surface area (Å²) < 4.78 is 16.2. The molecule has 0 atom stereocenters. The van der Waals surface area contributed by atoms with E-state index in [9.17, 15) is 4.79 Å². The highest BCUT2D eigenvalue weighted by Gasteiger charge is 2.19. The number of thiazole rings is 1. The van der Waals surface area contributed by atoms with E-state index in [4.69, 9.17) is 19.2 Å². The number of ether oxygens (including phenoxy) is 3. The predicted molar refractivity (Wildman–Crippen MR) is 150 cm³/mol. The molecule has 10 heteroatoms. The van der Waals surface area contributed by atoms with E-state index in [1.54, 1.807) is 12.1 Å². The minimum atomic E-state index is -0.300. The van der Waals surface area contributed by atoms with Gasteiger partial charge in [0.15, 0.2) is 11.5 Å². The van der Waals surface area contributed by atoms with Gasteiger partial charge in [-0.25, -0.2) is 9.97 Å². The SMILES string of the molecule is COc1cc(C(=O)Nc2ccccc2-c2nc3cc(CCN4CCNCC4)cnc3s2)cc(OC)c1OC. The smallest absolute Gasteiger partial charge is 0.255 e. The zero-order valence-electron chi connectivity index (χ0n) is 21.7. The number of methoxy groups -OCH3 is 3. The molecule has 0 aliphatic carbocycles. The summed E-state index contributed by atoms with van der Waals surface area (Å²) in [7, 11) is 4.57. The monoisotopic (exact) mass is 533 g/mol. The molecule has 2 N–H and O–H groups in total. The molecule has 198 valence electrons. The minimum Gasteiger partial charge on any atom is -0.493 e. The maximum atomic E-state index is 13.3. The quantitative estimate of drug-likeness (QED) is 0.332. The molecule has 5 rings (SSSR count). The molecule has 2 aromatic heterocycles. The molecule has 38 heavy (non-hydrogen) atoms. The molecule has 0 radical (unpaired) electrons. The number of nitrogens with zero attached hydrogens (tertiary/aromatic N) is 3. The predicted octanol–water partition coefficient (Wildman–Crippen LogP) is 4.08. The number of hydrogen-bond donors (Lipinski definition) is 2. The summed E-state index contributed by atoms with van der Waals surface area (Å²) in [4.78, 5) is 26.2. The van der Waals surface area contributed by atoms with Crippen molar-refractivity contribution in [3.05, 3.63) is 59.8 Å². The lowest BCUT2D eigenvalue weighted by molar-refractivity contribution is 0.102. The van der Waals surface area contributed by atoms with Crippen LogP contribution in [0.2, 0.25) is 0 Å². The number of carbonyl (C=O) groups is 1. The van der Waals surface area contributed by atoms with E-state index >= 15 is 0 Å². The fourth-order valence-electron chi connectivity index (χ4n) is 4.52. The van der Waals surface area contributed by atoms with Crippen LogP contribution in [0.3, 0.4) is 0 Å². The van der Waals surface area contributed by atoms with Crippen LogP contribution in [0.25, 0.3) is 20.9 Å². The second kappa shape index (κ2) is 11.8. The topological polar surface area (TPSA) is 97.8 Å². The first-order valence-electron chi connectivity index (χ1n) is 12.5. The van der Waals surface area contributed by atoms with Crippen molar-refractivity contribution in [2.24, 2.45) is 0 Å². The van der Waals surface area contributed by atoms with Gasteiger partial charge in [0.1, 0.15) is 15.4 Å². The molecule has 0 saturated carbocycles. The van der Waals surface area contributed by atoms with Gasteiger partial charge in [0, 0.05) is 50.0 Å². The van der Waals surface area contributed by atoms with Crippen molar-refractivity contribution in [2.45, 2.75) is 6.42 Å². The molecule has 1 fully saturated rings. The first-order chi connectivity index (χ1) is 18.6. The zero-order chi connectivity index (χ0) is 26.5. The van der Waals surface area contributed by atoms with E-state index in [0.29, 0.717) is 28.5 Å². The van der Waals surface area contributed by atoms with Gasteiger partial charge in [-0.15, -0.1) is 0 Å². The van der Waals surface area contributed by atoms with Gasteiger partial charge in [-0.2, -0.15) is 0 Å². The van der Waals surface area contributed by atoms with Crippen LogP contribution in [0.4, 0.5) is 5.69 Å². The number of carbonyl (C=O) groups excluding carboxylic acids is 1. The maximum Gasteiger partial charge on any atom is 0.255 e. The number of fused-ring (bicyclic) bond motifs is 1. The first-order valence-corrected chi connectivity index (χ1v) is 13.3. The minimum absolute atomic E-state index is 0.300. The number of nitrogens with one attached hydrogen (secondary N) is 2. The molecule has 4 aromatic rings. The fourth-order valence-corrected chi connectivity index (χ4v) is 5.45. The molecular weight excluding hydrogens is 502 g/mol. The third-order valence-electron chi connectivity index (χ3n) is 6.56. The number of pyridine rings is 1. The van der Waals surface area contributed by atoms with Gasteiger partial charge in [-0.1, -0.05) is 23.5 Å². The van der Waals surface area contributed by atoms with E-state index in [-0.39, 0.29) is 5.91 Å². The van der Waals surface area contributed by atoms with Gasteiger partial charge in [-0.3, -0.25) is 4.79 Å². The molecule has 0 unspecified atom stereocenters. The van der Waals surface area contributed by atoms with Crippen LogP contribution in [0, 0.1) is 0 Å². The molecule has 9 nitrogen and oxygen atoms in total.